The summed E-state index contributed by atoms with van der Waals surface area (Å²) in [5.74, 6) is -1.00. The molecule has 0 aliphatic heterocycles. The lowest BCUT2D eigenvalue weighted by Crippen LogP contribution is -2.56. The predicted molar refractivity (Wildman–Crippen MR) is 110 cm³/mol. The number of nitrogens with zero attached hydrogens (tertiary/aromatic N) is 2. The highest BCUT2D eigenvalue weighted by Crippen LogP contribution is 2.20. The average Bonchev–Trinajstić information content (AvgIpc) is 2.56. The molecule has 2 amide bonds. The lowest BCUT2D eigenvalue weighted by Gasteiger charge is -2.36. The molecule has 0 N–H and O–H groups in total. The molecule has 0 spiro atoms. The van der Waals surface area contributed by atoms with Crippen molar-refractivity contribution in [2.24, 2.45) is 17.3 Å². The van der Waals surface area contributed by atoms with E-state index in [2.05, 4.69) is 0 Å². The highest BCUT2D eigenvalue weighted by Gasteiger charge is 2.38. The maximum Gasteiger partial charge on any atom is 0.410 e. The van der Waals surface area contributed by atoms with Crippen molar-refractivity contribution in [1.82, 2.24) is 9.80 Å². The first-order chi connectivity index (χ1) is 12.7. The predicted octanol–water partition coefficient (Wildman–Crippen LogP) is 3.56. The Labute approximate surface area is 170 Å². The molecule has 0 aliphatic rings. The molecule has 28 heavy (non-hydrogen) atoms. The molecule has 2 unspecified atom stereocenters. The van der Waals surface area contributed by atoms with Crippen molar-refractivity contribution in [3.05, 3.63) is 0 Å². The van der Waals surface area contributed by atoms with Gasteiger partial charge in [-0.15, -0.1) is 0 Å². The van der Waals surface area contributed by atoms with Gasteiger partial charge in [0.25, 0.3) is 0 Å². The minimum Gasteiger partial charge on any atom is -0.464 e. The fourth-order valence-electron chi connectivity index (χ4n) is 2.90. The zero-order chi connectivity index (χ0) is 22.2. The van der Waals surface area contributed by atoms with Gasteiger partial charge in [-0.3, -0.25) is 9.69 Å². The summed E-state index contributed by atoms with van der Waals surface area (Å²) in [5, 5.41) is 0. The third kappa shape index (κ3) is 8.07. The standard InChI is InChI=1S/C21H40N2O5/c1-11-12-27-19(25)17(15(4)5)22(9)18(24)16(14(2)3)23(10)20(26)28-13-21(6,7)8/h14-17H,11-13H2,1-10H3. The number of hydrogen-bond donors (Lipinski definition) is 0. The van der Waals surface area contributed by atoms with E-state index in [0.717, 1.165) is 0 Å². The van der Waals surface area contributed by atoms with Crippen molar-refractivity contribution in [3.8, 4) is 0 Å². The number of carbonyl (C=O) groups excluding carboxylic acids is 3. The van der Waals surface area contributed by atoms with Gasteiger partial charge in [-0.05, 0) is 23.7 Å². The topological polar surface area (TPSA) is 76.2 Å². The van der Waals surface area contributed by atoms with Crippen LogP contribution in [0.15, 0.2) is 0 Å². The van der Waals surface area contributed by atoms with E-state index in [1.165, 1.54) is 9.80 Å². The van der Waals surface area contributed by atoms with Gasteiger partial charge in [0, 0.05) is 14.1 Å². The van der Waals surface area contributed by atoms with E-state index in [0.29, 0.717) is 13.0 Å². The summed E-state index contributed by atoms with van der Waals surface area (Å²) in [7, 11) is 3.14. The quantitative estimate of drug-likeness (QED) is 0.553. The third-order valence-corrected chi connectivity index (χ3v) is 4.30. The highest BCUT2D eigenvalue weighted by atomic mass is 16.6. The van der Waals surface area contributed by atoms with Gasteiger partial charge in [-0.1, -0.05) is 55.4 Å². The van der Waals surface area contributed by atoms with Crippen molar-refractivity contribution in [2.75, 3.05) is 27.3 Å². The number of likely N-dealkylation sites (N-methyl/N-ethyl adjacent to an activating group) is 2. The molecule has 0 fully saturated rings. The molecule has 7 heteroatoms. The Kier molecular flexibility index (Phi) is 10.5. The Balaban J connectivity index is 5.45. The van der Waals surface area contributed by atoms with Crippen LogP contribution in [0.1, 0.15) is 61.8 Å². The lowest BCUT2D eigenvalue weighted by atomic mass is 9.97. The van der Waals surface area contributed by atoms with Crippen LogP contribution in [0.3, 0.4) is 0 Å². The molecular weight excluding hydrogens is 360 g/mol. The second-order valence-electron chi connectivity index (χ2n) is 9.22. The van der Waals surface area contributed by atoms with E-state index in [1.54, 1.807) is 14.1 Å². The molecule has 0 bridgehead atoms. The molecule has 0 radical (unpaired) electrons. The number of esters is 1. The van der Waals surface area contributed by atoms with Gasteiger partial charge in [0.15, 0.2) is 0 Å². The summed E-state index contributed by atoms with van der Waals surface area (Å²) in [6.07, 6.45) is 0.163. The second kappa shape index (κ2) is 11.3. The van der Waals surface area contributed by atoms with Crippen LogP contribution in [-0.4, -0.2) is 67.2 Å². The van der Waals surface area contributed by atoms with Crippen LogP contribution in [0.25, 0.3) is 0 Å². The molecule has 2 atom stereocenters. The van der Waals surface area contributed by atoms with Crippen LogP contribution >= 0.6 is 0 Å². The van der Waals surface area contributed by atoms with Crippen LogP contribution in [-0.2, 0) is 19.1 Å². The smallest absolute Gasteiger partial charge is 0.410 e. The minimum absolute atomic E-state index is 0.121. The molecule has 164 valence electrons. The number of hydrogen-bond acceptors (Lipinski definition) is 5. The zero-order valence-corrected chi connectivity index (χ0v) is 19.4. The van der Waals surface area contributed by atoms with E-state index in [-0.39, 0.29) is 29.8 Å². The van der Waals surface area contributed by atoms with Gasteiger partial charge >= 0.3 is 12.1 Å². The summed E-state index contributed by atoms with van der Waals surface area (Å²) in [5.41, 5.74) is -0.170. The maximum absolute atomic E-state index is 13.2. The van der Waals surface area contributed by atoms with Gasteiger partial charge in [-0.2, -0.15) is 0 Å². The maximum atomic E-state index is 13.2. The molecule has 0 aromatic carbocycles. The Morgan fingerprint density at radius 3 is 1.75 bits per heavy atom. The molecule has 0 aromatic rings. The summed E-state index contributed by atoms with van der Waals surface area (Å²) in [6.45, 7) is 15.9. The van der Waals surface area contributed by atoms with Gasteiger partial charge in [0.1, 0.15) is 12.1 Å². The van der Waals surface area contributed by atoms with E-state index in [4.69, 9.17) is 9.47 Å². The van der Waals surface area contributed by atoms with E-state index < -0.39 is 24.1 Å². The summed E-state index contributed by atoms with van der Waals surface area (Å²) in [4.78, 5) is 40.9. The van der Waals surface area contributed by atoms with Crippen molar-refractivity contribution in [3.63, 3.8) is 0 Å². The van der Waals surface area contributed by atoms with E-state index >= 15 is 0 Å². The second-order valence-corrected chi connectivity index (χ2v) is 9.22. The molecule has 0 saturated heterocycles. The number of ether oxygens (including phenoxy) is 2. The zero-order valence-electron chi connectivity index (χ0n) is 19.4. The summed E-state index contributed by atoms with van der Waals surface area (Å²) >= 11 is 0. The van der Waals surface area contributed by atoms with Crippen molar-refractivity contribution in [1.29, 1.82) is 0 Å². The van der Waals surface area contributed by atoms with Crippen LogP contribution in [0.2, 0.25) is 0 Å². The Bertz CT molecular complexity index is 525. The molecular formula is C21H40N2O5. The fourth-order valence-corrected chi connectivity index (χ4v) is 2.90. The molecule has 0 saturated carbocycles. The fraction of sp³-hybridized carbons (Fsp3) is 0.857. The first kappa shape index (κ1) is 26.2. The first-order valence-electron chi connectivity index (χ1n) is 10.1. The van der Waals surface area contributed by atoms with Crippen LogP contribution in [0.5, 0.6) is 0 Å². The van der Waals surface area contributed by atoms with Crippen LogP contribution in [0, 0.1) is 17.3 Å². The Hall–Kier alpha value is -1.79. The van der Waals surface area contributed by atoms with E-state index in [1.807, 2.05) is 55.4 Å². The molecule has 7 nitrogen and oxygen atoms in total. The summed E-state index contributed by atoms with van der Waals surface area (Å²) < 4.78 is 10.6. The largest absolute Gasteiger partial charge is 0.464 e. The molecule has 0 aliphatic carbocycles. The molecule has 0 aromatic heterocycles. The van der Waals surface area contributed by atoms with Gasteiger partial charge in [-0.25, -0.2) is 9.59 Å². The Morgan fingerprint density at radius 2 is 1.36 bits per heavy atom. The van der Waals surface area contributed by atoms with Crippen LogP contribution < -0.4 is 0 Å². The SMILES string of the molecule is CCCOC(=O)C(C(C)C)N(C)C(=O)C(C(C)C)N(C)C(=O)OCC(C)(C)C. The summed E-state index contributed by atoms with van der Waals surface area (Å²) in [6, 6.07) is -1.45. The van der Waals surface area contributed by atoms with E-state index in [9.17, 15) is 14.4 Å². The number of rotatable bonds is 9. The first-order valence-corrected chi connectivity index (χ1v) is 10.1. The van der Waals surface area contributed by atoms with Gasteiger partial charge in [0.05, 0.1) is 13.2 Å². The Morgan fingerprint density at radius 1 is 0.857 bits per heavy atom. The van der Waals surface area contributed by atoms with Crippen LogP contribution in [0.4, 0.5) is 4.79 Å². The molecule has 0 rings (SSSR count). The number of carbonyl (C=O) groups is 3. The average molecular weight is 401 g/mol. The lowest BCUT2D eigenvalue weighted by molar-refractivity contribution is -0.158. The van der Waals surface area contributed by atoms with Crippen molar-refractivity contribution in [2.45, 2.75) is 73.9 Å². The van der Waals surface area contributed by atoms with Crippen molar-refractivity contribution >= 4 is 18.0 Å². The molecule has 0 heterocycles. The third-order valence-electron chi connectivity index (χ3n) is 4.30. The normalized spacial score (nSPS) is 13.9. The highest BCUT2D eigenvalue weighted by molar-refractivity contribution is 5.89. The van der Waals surface area contributed by atoms with Crippen molar-refractivity contribution < 1.29 is 23.9 Å². The minimum atomic E-state index is -0.738. The monoisotopic (exact) mass is 400 g/mol. The van der Waals surface area contributed by atoms with Gasteiger partial charge < -0.3 is 14.4 Å². The number of amides is 2. The van der Waals surface area contributed by atoms with Gasteiger partial charge in [0.2, 0.25) is 5.91 Å².